The molecule has 3 heterocycles. The summed E-state index contributed by atoms with van der Waals surface area (Å²) >= 11 is 12.7. The van der Waals surface area contributed by atoms with Crippen LogP contribution in [-0.2, 0) is 9.47 Å². The van der Waals surface area contributed by atoms with Crippen LogP contribution < -0.4 is 0 Å². The molecule has 2 aliphatic rings. The van der Waals surface area contributed by atoms with Crippen LogP contribution >= 0.6 is 23.2 Å². The Kier molecular flexibility index (Phi) is 9.81. The molecule has 1 unspecified atom stereocenters. The van der Waals surface area contributed by atoms with Crippen molar-refractivity contribution in [3.05, 3.63) is 105 Å². The van der Waals surface area contributed by atoms with Crippen LogP contribution in [0.2, 0.25) is 10.0 Å². The summed E-state index contributed by atoms with van der Waals surface area (Å²) in [6.45, 7) is 4.60. The Labute approximate surface area is 277 Å². The maximum absolute atomic E-state index is 13.9. The van der Waals surface area contributed by atoms with E-state index in [1.165, 1.54) is 0 Å². The molecule has 3 aromatic carbocycles. The molecule has 6 rings (SSSR count). The van der Waals surface area contributed by atoms with Crippen molar-refractivity contribution in [3.8, 4) is 6.07 Å². The van der Waals surface area contributed by atoms with E-state index in [4.69, 9.17) is 37.1 Å². The summed E-state index contributed by atoms with van der Waals surface area (Å²) in [6, 6.07) is 22.4. The first-order valence-corrected chi connectivity index (χ1v) is 16.0. The van der Waals surface area contributed by atoms with Gasteiger partial charge in [-0.2, -0.15) is 5.26 Å². The molecule has 0 spiro atoms. The van der Waals surface area contributed by atoms with Gasteiger partial charge >= 0.3 is 6.16 Å². The third kappa shape index (κ3) is 7.01. The summed E-state index contributed by atoms with van der Waals surface area (Å²) < 4.78 is 16.3. The predicted octanol–water partition coefficient (Wildman–Crippen LogP) is 6.75. The number of halogens is 2. The molecule has 2 saturated heterocycles. The van der Waals surface area contributed by atoms with Crippen molar-refractivity contribution in [1.29, 1.82) is 5.26 Å². The first kappa shape index (κ1) is 31.9. The highest BCUT2D eigenvalue weighted by molar-refractivity contribution is 6.42. The van der Waals surface area contributed by atoms with Crippen molar-refractivity contribution < 1.29 is 23.5 Å². The fourth-order valence-corrected chi connectivity index (χ4v) is 6.77. The zero-order valence-electron chi connectivity index (χ0n) is 25.4. The second kappa shape index (κ2) is 14.1. The van der Waals surface area contributed by atoms with Gasteiger partial charge in [0.15, 0.2) is 6.10 Å². The molecule has 0 radical (unpaired) electrons. The molecule has 0 bridgehead atoms. The lowest BCUT2D eigenvalue weighted by Gasteiger charge is -2.40. The molecular weight excluding hydrogens is 627 g/mol. The molecule has 0 saturated carbocycles. The number of amides is 1. The number of carbonyl (C=O) groups excluding carboxylic acids is 2. The van der Waals surface area contributed by atoms with Crippen molar-refractivity contribution in [2.75, 3.05) is 52.9 Å². The van der Waals surface area contributed by atoms with Crippen LogP contribution in [0.4, 0.5) is 4.79 Å². The Balaban J connectivity index is 1.15. The van der Waals surface area contributed by atoms with Crippen LogP contribution in [0.25, 0.3) is 10.8 Å². The van der Waals surface area contributed by atoms with E-state index in [0.29, 0.717) is 27.7 Å². The van der Waals surface area contributed by atoms with Gasteiger partial charge in [-0.05, 0) is 65.7 Å². The zero-order valence-corrected chi connectivity index (χ0v) is 26.9. The lowest BCUT2D eigenvalue weighted by molar-refractivity contribution is 0.0175. The van der Waals surface area contributed by atoms with E-state index in [-0.39, 0.29) is 24.5 Å². The molecule has 0 aliphatic carbocycles. The van der Waals surface area contributed by atoms with E-state index >= 15 is 0 Å². The Morgan fingerprint density at radius 3 is 2.54 bits per heavy atom. The van der Waals surface area contributed by atoms with E-state index in [0.717, 1.165) is 61.2 Å². The summed E-state index contributed by atoms with van der Waals surface area (Å²) in [4.78, 5) is 32.0. The van der Waals surface area contributed by atoms with E-state index in [9.17, 15) is 14.9 Å². The molecule has 46 heavy (non-hydrogen) atoms. The first-order valence-electron chi connectivity index (χ1n) is 15.3. The molecule has 11 heteroatoms. The van der Waals surface area contributed by atoms with Crippen LogP contribution in [0.1, 0.15) is 45.6 Å². The largest absolute Gasteiger partial charge is 0.508 e. The molecule has 0 N–H and O–H groups in total. The van der Waals surface area contributed by atoms with Crippen molar-refractivity contribution >= 4 is 46.0 Å². The Hall–Kier alpha value is -4.07. The monoisotopic (exact) mass is 660 g/mol. The van der Waals surface area contributed by atoms with Crippen LogP contribution in [-0.4, -0.2) is 85.8 Å². The Morgan fingerprint density at radius 2 is 1.85 bits per heavy atom. The average Bonchev–Trinajstić information content (AvgIpc) is 3.76. The number of hydrogen-bond donors (Lipinski definition) is 0. The molecule has 238 valence electrons. The van der Waals surface area contributed by atoms with E-state index in [1.54, 1.807) is 36.4 Å². The van der Waals surface area contributed by atoms with Crippen molar-refractivity contribution in [2.45, 2.75) is 24.5 Å². The van der Waals surface area contributed by atoms with Gasteiger partial charge in [-0.25, -0.2) is 4.79 Å². The quantitative estimate of drug-likeness (QED) is 0.172. The molecule has 1 amide bonds. The van der Waals surface area contributed by atoms with Crippen molar-refractivity contribution in [3.63, 3.8) is 0 Å². The van der Waals surface area contributed by atoms with Crippen LogP contribution in [0.5, 0.6) is 0 Å². The fraction of sp³-hybridized carbons (Fsp3) is 0.343. The van der Waals surface area contributed by atoms with Gasteiger partial charge in [0.2, 0.25) is 0 Å². The maximum atomic E-state index is 13.9. The molecule has 9 nitrogen and oxygen atoms in total. The number of carbonyl (C=O) groups is 2. The van der Waals surface area contributed by atoms with E-state index in [2.05, 4.69) is 15.9 Å². The number of piperazine rings is 1. The normalized spacial score (nSPS) is 18.5. The van der Waals surface area contributed by atoms with Gasteiger partial charge in [0.1, 0.15) is 18.4 Å². The lowest BCUT2D eigenvalue weighted by Crippen LogP contribution is -2.50. The van der Waals surface area contributed by atoms with E-state index < -0.39 is 12.3 Å². The third-order valence-corrected chi connectivity index (χ3v) is 9.61. The van der Waals surface area contributed by atoms with Crippen LogP contribution in [0.3, 0.4) is 0 Å². The molecular formula is C35H34Cl2N4O5. The number of hydrogen-bond acceptors (Lipinski definition) is 8. The molecule has 3 atom stereocenters. The number of ether oxygens (including phenoxy) is 2. The summed E-state index contributed by atoms with van der Waals surface area (Å²) in [7, 11) is 1.80. The SMILES string of the molecule is CN(C[C@@H](CCN1CCN(C(c2ccco2)[C@H]2COC(=O)O2)CC1)c1ccc(Cl)c(Cl)c1)C(=O)c1cc(C#N)cc2ccccc12. The summed E-state index contributed by atoms with van der Waals surface area (Å²) in [5.74, 6) is 0.586. The van der Waals surface area contributed by atoms with Crippen LogP contribution in [0.15, 0.2) is 77.4 Å². The second-order valence-corrected chi connectivity index (χ2v) is 12.6. The maximum Gasteiger partial charge on any atom is 0.508 e. The Bertz CT molecular complexity index is 1750. The number of likely N-dealkylation sites (N-methyl/N-ethyl adjacent to an activating group) is 1. The third-order valence-electron chi connectivity index (χ3n) is 8.87. The predicted molar refractivity (Wildman–Crippen MR) is 175 cm³/mol. The number of nitriles is 1. The van der Waals surface area contributed by atoms with Gasteiger partial charge in [-0.1, -0.05) is 53.5 Å². The number of furan rings is 1. The molecule has 4 aromatic rings. The standard InChI is InChI=1S/C35H34Cl2N4O5/c1-39(34(42)28-18-23(20-38)17-25-5-2-3-6-27(25)28)21-26(24-8-9-29(36)30(37)19-24)10-11-40-12-14-41(15-13-40)33(31-7-4-16-44-31)32-22-45-35(43)46-32/h2-9,16-19,26,32-33H,10-15,21-22H2,1H3/t26-,32-,33?/m1/s1. The topological polar surface area (TPSA) is 99.2 Å². The van der Waals surface area contributed by atoms with E-state index in [1.807, 2.05) is 48.5 Å². The first-order chi connectivity index (χ1) is 22.3. The number of fused-ring (bicyclic) bond motifs is 1. The molecule has 2 fully saturated rings. The summed E-state index contributed by atoms with van der Waals surface area (Å²) in [6.07, 6.45) is 1.33. The second-order valence-electron chi connectivity index (χ2n) is 11.8. The number of nitrogens with zero attached hydrogens (tertiary/aromatic N) is 4. The van der Waals surface area contributed by atoms with Gasteiger partial charge in [-0.15, -0.1) is 0 Å². The highest BCUT2D eigenvalue weighted by Gasteiger charge is 2.40. The summed E-state index contributed by atoms with van der Waals surface area (Å²) in [5.41, 5.74) is 1.96. The van der Waals surface area contributed by atoms with Crippen molar-refractivity contribution in [1.82, 2.24) is 14.7 Å². The Morgan fingerprint density at radius 1 is 1.04 bits per heavy atom. The minimum Gasteiger partial charge on any atom is -0.468 e. The lowest BCUT2D eigenvalue weighted by atomic mass is 9.94. The minimum atomic E-state index is -0.650. The molecule has 2 aliphatic heterocycles. The van der Waals surface area contributed by atoms with Gasteiger partial charge in [0, 0.05) is 51.3 Å². The number of cyclic esters (lactones) is 2. The number of benzene rings is 3. The highest BCUT2D eigenvalue weighted by Crippen LogP contribution is 2.33. The summed E-state index contributed by atoms with van der Waals surface area (Å²) in [5, 5.41) is 12.2. The molecule has 1 aromatic heterocycles. The van der Waals surface area contributed by atoms with Gasteiger partial charge in [0.05, 0.1) is 27.9 Å². The highest BCUT2D eigenvalue weighted by atomic mass is 35.5. The average molecular weight is 662 g/mol. The number of rotatable bonds is 10. The smallest absolute Gasteiger partial charge is 0.468 e. The minimum absolute atomic E-state index is 0.0157. The fourth-order valence-electron chi connectivity index (χ4n) is 6.46. The van der Waals surface area contributed by atoms with Gasteiger partial charge < -0.3 is 23.7 Å². The van der Waals surface area contributed by atoms with Gasteiger partial charge in [0.25, 0.3) is 5.91 Å². The van der Waals surface area contributed by atoms with Crippen molar-refractivity contribution in [2.24, 2.45) is 0 Å². The van der Waals surface area contributed by atoms with Gasteiger partial charge in [-0.3, -0.25) is 9.69 Å². The van der Waals surface area contributed by atoms with Crippen LogP contribution in [0, 0.1) is 11.3 Å². The zero-order chi connectivity index (χ0) is 32.2.